The molecule has 2 aromatic rings. The first-order chi connectivity index (χ1) is 12.4. The number of aryl methyl sites for hydroxylation is 1. The molecule has 26 heavy (non-hydrogen) atoms. The lowest BCUT2D eigenvalue weighted by Crippen LogP contribution is -2.26. The lowest BCUT2D eigenvalue weighted by atomic mass is 9.96. The highest BCUT2D eigenvalue weighted by molar-refractivity contribution is 7.89. The summed E-state index contributed by atoms with van der Waals surface area (Å²) in [5.41, 5.74) is 3.44. The van der Waals surface area contributed by atoms with Crippen LogP contribution in [-0.2, 0) is 16.4 Å². The van der Waals surface area contributed by atoms with Crippen molar-refractivity contribution in [2.45, 2.75) is 70.2 Å². The summed E-state index contributed by atoms with van der Waals surface area (Å²) in [6, 6.07) is 15.2. The molecule has 2 aromatic carbocycles. The van der Waals surface area contributed by atoms with Crippen LogP contribution in [0.5, 0.6) is 0 Å². The Morgan fingerprint density at radius 2 is 1.46 bits per heavy atom. The van der Waals surface area contributed by atoms with Crippen LogP contribution < -0.4 is 4.72 Å². The number of sulfonamides is 1. The molecule has 2 rings (SSSR count). The first-order valence-corrected chi connectivity index (χ1v) is 11.1. The van der Waals surface area contributed by atoms with E-state index in [2.05, 4.69) is 37.6 Å². The Labute approximate surface area is 158 Å². The van der Waals surface area contributed by atoms with Gasteiger partial charge in [-0.2, -0.15) is 0 Å². The Hall–Kier alpha value is -1.65. The minimum atomic E-state index is -3.53. The van der Waals surface area contributed by atoms with Crippen molar-refractivity contribution in [2.24, 2.45) is 0 Å². The molecule has 0 aromatic heterocycles. The van der Waals surface area contributed by atoms with E-state index >= 15 is 0 Å². The summed E-state index contributed by atoms with van der Waals surface area (Å²) in [5.74, 6) is 0.516. The maximum atomic E-state index is 12.7. The van der Waals surface area contributed by atoms with Crippen molar-refractivity contribution in [1.82, 2.24) is 4.72 Å². The maximum absolute atomic E-state index is 12.7. The zero-order valence-corrected chi connectivity index (χ0v) is 17.1. The Morgan fingerprint density at radius 1 is 0.885 bits per heavy atom. The van der Waals surface area contributed by atoms with Gasteiger partial charge in [0, 0.05) is 6.04 Å². The van der Waals surface area contributed by atoms with Crippen molar-refractivity contribution < 1.29 is 8.42 Å². The molecule has 0 amide bonds. The van der Waals surface area contributed by atoms with Gasteiger partial charge in [0.25, 0.3) is 0 Å². The summed E-state index contributed by atoms with van der Waals surface area (Å²) in [7, 11) is -3.53. The van der Waals surface area contributed by atoms with Gasteiger partial charge in [0.1, 0.15) is 0 Å². The quantitative estimate of drug-likeness (QED) is 0.623. The van der Waals surface area contributed by atoms with E-state index in [1.54, 1.807) is 12.1 Å². The highest BCUT2D eigenvalue weighted by Gasteiger charge is 2.18. The third-order valence-corrected chi connectivity index (χ3v) is 6.56. The summed E-state index contributed by atoms with van der Waals surface area (Å²) in [6.07, 6.45) is 4.34. The van der Waals surface area contributed by atoms with Crippen LogP contribution in [-0.4, -0.2) is 8.42 Å². The molecule has 0 radical (unpaired) electrons. The van der Waals surface area contributed by atoms with Gasteiger partial charge in [0.2, 0.25) is 10.0 Å². The first-order valence-electron chi connectivity index (χ1n) is 9.58. The van der Waals surface area contributed by atoms with Crippen LogP contribution in [0.2, 0.25) is 0 Å². The van der Waals surface area contributed by atoms with Crippen LogP contribution in [0.3, 0.4) is 0 Å². The Balaban J connectivity index is 2.08. The third-order valence-electron chi connectivity index (χ3n) is 5.00. The van der Waals surface area contributed by atoms with Gasteiger partial charge in [-0.1, -0.05) is 63.6 Å². The normalized spacial score (nSPS) is 14.2. The van der Waals surface area contributed by atoms with Crippen molar-refractivity contribution in [1.29, 1.82) is 0 Å². The fraction of sp³-hybridized carbons (Fsp3) is 0.455. The van der Waals surface area contributed by atoms with E-state index in [0.717, 1.165) is 31.2 Å². The largest absolute Gasteiger partial charge is 0.241 e. The van der Waals surface area contributed by atoms with Gasteiger partial charge in [-0.3, -0.25) is 0 Å². The third kappa shape index (κ3) is 5.42. The van der Waals surface area contributed by atoms with Crippen LogP contribution in [0.15, 0.2) is 53.4 Å². The molecule has 0 heterocycles. The second-order valence-electron chi connectivity index (χ2n) is 7.07. The number of unbranched alkanes of at least 4 members (excludes halogenated alkanes) is 1. The number of rotatable bonds is 9. The molecule has 142 valence electrons. The van der Waals surface area contributed by atoms with Crippen molar-refractivity contribution in [2.75, 3.05) is 0 Å². The van der Waals surface area contributed by atoms with Crippen LogP contribution in [0, 0.1) is 0 Å². The molecule has 0 aliphatic carbocycles. The maximum Gasteiger partial charge on any atom is 0.241 e. The summed E-state index contributed by atoms with van der Waals surface area (Å²) in [4.78, 5) is 0.320. The molecule has 1 N–H and O–H groups in total. The molecule has 0 aliphatic heterocycles. The average molecular weight is 374 g/mol. The molecule has 4 heteroatoms. The van der Waals surface area contributed by atoms with Gasteiger partial charge in [0.05, 0.1) is 4.90 Å². The molecule has 0 aliphatic rings. The predicted molar refractivity (Wildman–Crippen MR) is 109 cm³/mol. The highest BCUT2D eigenvalue weighted by Crippen LogP contribution is 2.22. The van der Waals surface area contributed by atoms with E-state index in [1.807, 2.05) is 31.2 Å². The van der Waals surface area contributed by atoms with E-state index in [4.69, 9.17) is 0 Å². The van der Waals surface area contributed by atoms with Crippen molar-refractivity contribution in [3.63, 3.8) is 0 Å². The van der Waals surface area contributed by atoms with E-state index in [9.17, 15) is 8.42 Å². The van der Waals surface area contributed by atoms with Gasteiger partial charge in [0.15, 0.2) is 0 Å². The van der Waals surface area contributed by atoms with E-state index < -0.39 is 10.0 Å². The summed E-state index contributed by atoms with van der Waals surface area (Å²) < 4.78 is 28.1. The van der Waals surface area contributed by atoms with E-state index in [0.29, 0.717) is 10.8 Å². The van der Waals surface area contributed by atoms with Gasteiger partial charge in [-0.15, -0.1) is 0 Å². The van der Waals surface area contributed by atoms with E-state index in [-0.39, 0.29) is 6.04 Å². The highest BCUT2D eigenvalue weighted by atomic mass is 32.2. The predicted octanol–water partition coefficient (Wildman–Crippen LogP) is 5.58. The summed E-state index contributed by atoms with van der Waals surface area (Å²) in [6.45, 7) is 8.40. The molecule has 2 unspecified atom stereocenters. The molecule has 2 atom stereocenters. The molecular formula is C22H31NO2S. The number of nitrogens with one attached hydrogen (secondary N) is 1. The molecule has 0 saturated carbocycles. The number of hydrogen-bond donors (Lipinski definition) is 1. The van der Waals surface area contributed by atoms with Gasteiger partial charge in [-0.25, -0.2) is 13.1 Å². The van der Waals surface area contributed by atoms with E-state index in [1.165, 1.54) is 11.1 Å². The minimum Gasteiger partial charge on any atom is -0.207 e. The Bertz CT molecular complexity index is 780. The van der Waals surface area contributed by atoms with Crippen molar-refractivity contribution in [3.8, 4) is 0 Å². The standard InChI is InChI=1S/C22H31NO2S/c1-5-7-8-19-9-15-22(16-10-19)26(24,25)23-18(4)21-13-11-20(12-14-21)17(3)6-2/h9-18,23H,5-8H2,1-4H3. The Morgan fingerprint density at radius 3 is 2.00 bits per heavy atom. The second kappa shape index (κ2) is 9.33. The van der Waals surface area contributed by atoms with Gasteiger partial charge < -0.3 is 0 Å². The SMILES string of the molecule is CCCCc1ccc(S(=O)(=O)NC(C)c2ccc(C(C)CC)cc2)cc1. The molecule has 3 nitrogen and oxygen atoms in total. The van der Waals surface area contributed by atoms with Crippen molar-refractivity contribution >= 4 is 10.0 Å². The fourth-order valence-corrected chi connectivity index (χ4v) is 4.17. The first kappa shape index (κ1) is 20.7. The van der Waals surface area contributed by atoms with Gasteiger partial charge in [-0.05, 0) is 60.9 Å². The molecule has 0 fully saturated rings. The smallest absolute Gasteiger partial charge is 0.207 e. The minimum absolute atomic E-state index is 0.272. The number of benzene rings is 2. The molecule has 0 bridgehead atoms. The zero-order valence-electron chi connectivity index (χ0n) is 16.3. The summed E-state index contributed by atoms with van der Waals surface area (Å²) >= 11 is 0. The lowest BCUT2D eigenvalue weighted by Gasteiger charge is -2.16. The molecule has 0 saturated heterocycles. The van der Waals surface area contributed by atoms with Crippen LogP contribution in [0.1, 0.15) is 75.6 Å². The van der Waals surface area contributed by atoms with Crippen LogP contribution >= 0.6 is 0 Å². The van der Waals surface area contributed by atoms with Crippen molar-refractivity contribution in [3.05, 3.63) is 65.2 Å². The van der Waals surface area contributed by atoms with Crippen LogP contribution in [0.25, 0.3) is 0 Å². The topological polar surface area (TPSA) is 46.2 Å². The Kier molecular flexibility index (Phi) is 7.42. The fourth-order valence-electron chi connectivity index (χ4n) is 2.93. The molecular weight excluding hydrogens is 342 g/mol. The lowest BCUT2D eigenvalue weighted by molar-refractivity contribution is 0.567. The molecule has 0 spiro atoms. The van der Waals surface area contributed by atoms with Crippen LogP contribution in [0.4, 0.5) is 0 Å². The summed E-state index contributed by atoms with van der Waals surface area (Å²) in [5, 5.41) is 0. The number of hydrogen-bond acceptors (Lipinski definition) is 2. The second-order valence-corrected chi connectivity index (χ2v) is 8.78. The van der Waals surface area contributed by atoms with Gasteiger partial charge >= 0.3 is 0 Å². The average Bonchev–Trinajstić information content (AvgIpc) is 2.65. The monoisotopic (exact) mass is 373 g/mol. The zero-order chi connectivity index (χ0) is 19.2.